The number of fused-ring (bicyclic) bond motifs is 2. The molecule has 0 radical (unpaired) electrons. The zero-order valence-electron chi connectivity index (χ0n) is 8.71. The Balaban J connectivity index is 2.39. The molecule has 0 heterocycles. The van der Waals surface area contributed by atoms with E-state index in [1.54, 1.807) is 0 Å². The molecule has 2 fully saturated rings. The summed E-state index contributed by atoms with van der Waals surface area (Å²) in [6.45, 7) is 4.25. The van der Waals surface area contributed by atoms with Gasteiger partial charge in [0.05, 0.1) is 16.7 Å². The molecule has 0 saturated heterocycles. The first-order valence-corrected chi connectivity index (χ1v) is 6.44. The number of hydrogen-bond acceptors (Lipinski definition) is 2. The summed E-state index contributed by atoms with van der Waals surface area (Å²) >= 11 is 0. The van der Waals surface area contributed by atoms with Crippen LogP contribution in [0.3, 0.4) is 0 Å². The van der Waals surface area contributed by atoms with Gasteiger partial charge in [-0.05, 0) is 24.2 Å². The van der Waals surface area contributed by atoms with Gasteiger partial charge in [-0.15, -0.1) is 0 Å². The molecule has 0 aromatic rings. The Kier molecular flexibility index (Phi) is 2.13. The fraction of sp³-hybridized carbons (Fsp3) is 0.900. The Labute approximate surface area is 87.0 Å². The van der Waals surface area contributed by atoms with E-state index in [9.17, 15) is 9.00 Å². The van der Waals surface area contributed by atoms with Gasteiger partial charge in [0.15, 0.2) is 0 Å². The molecule has 2 aliphatic carbocycles. The molecule has 0 aromatic heterocycles. The van der Waals surface area contributed by atoms with Crippen molar-refractivity contribution in [3.05, 3.63) is 0 Å². The lowest BCUT2D eigenvalue weighted by Gasteiger charge is -2.35. The molecule has 0 spiro atoms. The van der Waals surface area contributed by atoms with Crippen molar-refractivity contribution < 1.29 is 9.00 Å². The Morgan fingerprint density at radius 1 is 1.57 bits per heavy atom. The van der Waals surface area contributed by atoms with Gasteiger partial charge in [0.1, 0.15) is 5.78 Å². The molecule has 3 nitrogen and oxygen atoms in total. The number of rotatable bonds is 2. The first-order valence-electron chi connectivity index (χ1n) is 5.06. The second-order valence-electron chi connectivity index (χ2n) is 5.19. The van der Waals surface area contributed by atoms with E-state index >= 15 is 0 Å². The zero-order chi connectivity index (χ0) is 10.6. The maximum Gasteiger partial charge on any atom is 0.140 e. The molecule has 80 valence electrons. The molecule has 14 heavy (non-hydrogen) atoms. The fourth-order valence-electron chi connectivity index (χ4n) is 3.35. The van der Waals surface area contributed by atoms with Crippen LogP contribution >= 0.6 is 0 Å². The number of carbonyl (C=O) groups excluding carboxylic acids is 1. The standard InChI is InChI=1S/C10H17NO2S/c1-9(2)7-3-4-10(9,6-14(11)13)8(12)5-7/h7H,3-6,11H2,1-2H3. The van der Waals surface area contributed by atoms with Crippen molar-refractivity contribution >= 4 is 16.8 Å². The number of hydrogen-bond donors (Lipinski definition) is 1. The Morgan fingerprint density at radius 2 is 2.21 bits per heavy atom. The Morgan fingerprint density at radius 3 is 2.57 bits per heavy atom. The molecule has 2 bridgehead atoms. The Bertz CT molecular complexity index is 313. The Hall–Kier alpha value is -0.220. The number of Topliss-reactive ketones (excluding diaryl/α,β-unsaturated/α-hetero) is 1. The summed E-state index contributed by atoms with van der Waals surface area (Å²) in [5.41, 5.74) is -0.379. The van der Waals surface area contributed by atoms with Crippen molar-refractivity contribution in [3.63, 3.8) is 0 Å². The van der Waals surface area contributed by atoms with Gasteiger partial charge in [-0.1, -0.05) is 13.8 Å². The number of nitrogens with two attached hydrogens (primary N) is 1. The summed E-state index contributed by atoms with van der Waals surface area (Å²) in [6.07, 6.45) is 2.65. The summed E-state index contributed by atoms with van der Waals surface area (Å²) in [6, 6.07) is 0. The normalized spacial score (nSPS) is 41.6. The van der Waals surface area contributed by atoms with Crippen LogP contribution in [0.25, 0.3) is 0 Å². The molecule has 0 amide bonds. The van der Waals surface area contributed by atoms with Crippen molar-refractivity contribution in [1.29, 1.82) is 0 Å². The lowest BCUT2D eigenvalue weighted by molar-refractivity contribution is -0.127. The van der Waals surface area contributed by atoms with Crippen molar-refractivity contribution in [2.75, 3.05) is 5.75 Å². The lowest BCUT2D eigenvalue weighted by Crippen LogP contribution is -2.42. The van der Waals surface area contributed by atoms with E-state index < -0.39 is 11.0 Å². The van der Waals surface area contributed by atoms with Gasteiger partial charge in [-0.25, -0.2) is 4.21 Å². The molecule has 4 heteroatoms. The second-order valence-corrected chi connectivity index (χ2v) is 6.24. The van der Waals surface area contributed by atoms with Gasteiger partial charge in [-0.3, -0.25) is 9.93 Å². The van der Waals surface area contributed by atoms with Crippen molar-refractivity contribution in [3.8, 4) is 0 Å². The van der Waals surface area contributed by atoms with Crippen LogP contribution in [0.4, 0.5) is 0 Å². The highest BCUT2D eigenvalue weighted by atomic mass is 32.2. The van der Waals surface area contributed by atoms with E-state index in [1.807, 2.05) is 0 Å². The van der Waals surface area contributed by atoms with Crippen LogP contribution in [0.5, 0.6) is 0 Å². The van der Waals surface area contributed by atoms with Crippen molar-refractivity contribution in [1.82, 2.24) is 0 Å². The summed E-state index contributed by atoms with van der Waals surface area (Å²) in [5, 5.41) is 5.35. The number of ketones is 1. The third-order valence-electron chi connectivity index (χ3n) is 4.53. The van der Waals surface area contributed by atoms with Gasteiger partial charge in [0.2, 0.25) is 0 Å². The zero-order valence-corrected chi connectivity index (χ0v) is 9.52. The molecule has 2 N–H and O–H groups in total. The smallest absolute Gasteiger partial charge is 0.140 e. The van der Waals surface area contributed by atoms with E-state index in [1.165, 1.54) is 0 Å². The van der Waals surface area contributed by atoms with Gasteiger partial charge < -0.3 is 0 Å². The van der Waals surface area contributed by atoms with Crippen molar-refractivity contribution in [2.45, 2.75) is 33.1 Å². The molecular weight excluding hydrogens is 198 g/mol. The fourth-order valence-corrected chi connectivity index (χ4v) is 4.51. The molecule has 2 saturated carbocycles. The van der Waals surface area contributed by atoms with E-state index in [0.29, 0.717) is 18.1 Å². The summed E-state index contributed by atoms with van der Waals surface area (Å²) in [7, 11) is -1.36. The first-order chi connectivity index (χ1) is 6.40. The average molecular weight is 215 g/mol. The molecule has 2 rings (SSSR count). The highest BCUT2D eigenvalue weighted by molar-refractivity contribution is 7.82. The topological polar surface area (TPSA) is 60.2 Å². The maximum absolute atomic E-state index is 11.9. The minimum Gasteiger partial charge on any atom is -0.299 e. The van der Waals surface area contributed by atoms with E-state index in [4.69, 9.17) is 5.14 Å². The quantitative estimate of drug-likeness (QED) is 0.747. The molecule has 3 atom stereocenters. The van der Waals surface area contributed by atoms with Crippen LogP contribution in [0.15, 0.2) is 0 Å². The third-order valence-corrected chi connectivity index (χ3v) is 5.31. The summed E-state index contributed by atoms with van der Waals surface area (Å²) < 4.78 is 11.2. The number of carbonyl (C=O) groups is 1. The van der Waals surface area contributed by atoms with Crippen LogP contribution in [0.2, 0.25) is 0 Å². The highest BCUT2D eigenvalue weighted by Crippen LogP contribution is 2.63. The van der Waals surface area contributed by atoms with Gasteiger partial charge in [0, 0.05) is 11.8 Å². The van der Waals surface area contributed by atoms with E-state index in [2.05, 4.69) is 13.8 Å². The lowest BCUT2D eigenvalue weighted by atomic mass is 9.70. The van der Waals surface area contributed by atoms with Gasteiger partial charge >= 0.3 is 0 Å². The molecular formula is C10H17NO2S. The maximum atomic E-state index is 11.9. The largest absolute Gasteiger partial charge is 0.299 e. The molecule has 0 aromatic carbocycles. The first kappa shape index (κ1) is 10.3. The molecule has 3 unspecified atom stereocenters. The predicted molar refractivity (Wildman–Crippen MR) is 55.8 cm³/mol. The SMILES string of the molecule is CC1(C)C2CCC1(CS(N)=O)C(=O)C2. The summed E-state index contributed by atoms with van der Waals surface area (Å²) in [5.74, 6) is 1.13. The minimum atomic E-state index is -1.36. The summed E-state index contributed by atoms with van der Waals surface area (Å²) in [4.78, 5) is 11.9. The van der Waals surface area contributed by atoms with Gasteiger partial charge in [-0.2, -0.15) is 0 Å². The van der Waals surface area contributed by atoms with Crippen molar-refractivity contribution in [2.24, 2.45) is 21.9 Å². The highest BCUT2D eigenvalue weighted by Gasteiger charge is 2.64. The van der Waals surface area contributed by atoms with Gasteiger partial charge in [0.25, 0.3) is 0 Å². The van der Waals surface area contributed by atoms with Crippen LogP contribution in [0.1, 0.15) is 33.1 Å². The average Bonchev–Trinajstić information content (AvgIpc) is 2.36. The molecule has 2 aliphatic rings. The predicted octanol–water partition coefficient (Wildman–Crippen LogP) is 1.00. The van der Waals surface area contributed by atoms with Crippen LogP contribution in [-0.4, -0.2) is 15.7 Å². The van der Waals surface area contributed by atoms with Crippen LogP contribution < -0.4 is 5.14 Å². The van der Waals surface area contributed by atoms with E-state index in [-0.39, 0.29) is 16.6 Å². The second kappa shape index (κ2) is 2.89. The van der Waals surface area contributed by atoms with Crippen LogP contribution in [-0.2, 0) is 15.8 Å². The van der Waals surface area contributed by atoms with E-state index in [0.717, 1.165) is 12.8 Å². The third kappa shape index (κ3) is 1.07. The molecule has 0 aliphatic heterocycles. The monoisotopic (exact) mass is 215 g/mol. The minimum absolute atomic E-state index is 0.000880. The van der Waals surface area contributed by atoms with Crippen LogP contribution in [0, 0.1) is 16.7 Å².